The fourth-order valence-electron chi connectivity index (χ4n) is 7.33. The summed E-state index contributed by atoms with van der Waals surface area (Å²) in [5.74, 6) is 0.693. The van der Waals surface area contributed by atoms with Crippen LogP contribution >= 0.6 is 0 Å². The zero-order chi connectivity index (χ0) is 24.3. The van der Waals surface area contributed by atoms with Crippen LogP contribution in [-0.2, 0) is 30.8 Å². The standard InChI is InChI=1S/C13H19.3C7H7.Ti/c1-4-11-9(2)10(3)12-7-5-6-8-13(11)12;3*1-7-5-3-2-4-6-7;/h7,11H,4-6,8H2,1-3H3;3*2-6H,1H2;. The van der Waals surface area contributed by atoms with E-state index in [0.717, 1.165) is 4.22 Å². The molecule has 0 amide bonds. The van der Waals surface area contributed by atoms with E-state index in [-0.39, 0.29) is 0 Å². The molecule has 0 nitrogen and oxygen atoms in total. The van der Waals surface area contributed by atoms with Gasteiger partial charge in [0.1, 0.15) is 0 Å². The van der Waals surface area contributed by atoms with Gasteiger partial charge in [-0.2, -0.15) is 0 Å². The second-order valence-electron chi connectivity index (χ2n) is 11.0. The molecule has 1 heteroatoms. The average Bonchev–Trinajstić information content (AvgIpc) is 3.15. The first-order valence-corrected chi connectivity index (χ1v) is 17.8. The third-order valence-electron chi connectivity index (χ3n) is 8.92. The molecule has 180 valence electrons. The zero-order valence-corrected chi connectivity index (χ0v) is 23.3. The first kappa shape index (κ1) is 24.5. The quantitative estimate of drug-likeness (QED) is 0.273. The molecule has 3 aromatic rings. The normalized spacial score (nSPS) is 20.3. The molecule has 0 saturated carbocycles. The van der Waals surface area contributed by atoms with Crippen LogP contribution in [0.3, 0.4) is 0 Å². The molecule has 0 spiro atoms. The van der Waals surface area contributed by atoms with Gasteiger partial charge in [0, 0.05) is 0 Å². The molecule has 35 heavy (non-hydrogen) atoms. The first-order valence-electron chi connectivity index (χ1n) is 13.6. The predicted octanol–water partition coefficient (Wildman–Crippen LogP) is 9.39. The van der Waals surface area contributed by atoms with Crippen molar-refractivity contribution in [2.24, 2.45) is 5.92 Å². The number of allylic oxidation sites excluding steroid dienone is 4. The average molecular weight is 497 g/mol. The van der Waals surface area contributed by atoms with Crippen LogP contribution in [-0.4, -0.2) is 0 Å². The Morgan fingerprint density at radius 2 is 1.14 bits per heavy atom. The Kier molecular flexibility index (Phi) is 7.61. The van der Waals surface area contributed by atoms with Crippen LogP contribution in [0.2, 0.25) is 4.22 Å². The maximum absolute atomic E-state index is 2.62. The van der Waals surface area contributed by atoms with E-state index in [0.29, 0.717) is 5.92 Å². The van der Waals surface area contributed by atoms with E-state index in [1.807, 2.05) is 11.1 Å². The molecule has 2 aliphatic rings. The van der Waals surface area contributed by atoms with Gasteiger partial charge in [-0.15, -0.1) is 0 Å². The Morgan fingerprint density at radius 1 is 0.686 bits per heavy atom. The van der Waals surface area contributed by atoms with E-state index in [1.54, 1.807) is 27.8 Å². The van der Waals surface area contributed by atoms with Crippen molar-refractivity contribution in [2.75, 3.05) is 0 Å². The minimum atomic E-state index is -2.62. The van der Waals surface area contributed by atoms with Gasteiger partial charge in [-0.3, -0.25) is 0 Å². The third-order valence-corrected chi connectivity index (χ3v) is 17.3. The summed E-state index contributed by atoms with van der Waals surface area (Å²) in [7, 11) is 0. The molecular weight excluding hydrogens is 456 g/mol. The molecule has 0 heterocycles. The fourth-order valence-corrected chi connectivity index (χ4v) is 16.8. The van der Waals surface area contributed by atoms with Crippen molar-refractivity contribution in [3.63, 3.8) is 0 Å². The Morgan fingerprint density at radius 3 is 1.57 bits per heavy atom. The maximum atomic E-state index is 2.46. The topological polar surface area (TPSA) is 0 Å². The van der Waals surface area contributed by atoms with Crippen molar-refractivity contribution >= 4 is 0 Å². The van der Waals surface area contributed by atoms with Gasteiger partial charge in [-0.25, -0.2) is 0 Å². The number of hydrogen-bond donors (Lipinski definition) is 0. The van der Waals surface area contributed by atoms with Crippen LogP contribution in [0.15, 0.2) is 113 Å². The molecule has 0 N–H and O–H groups in total. The Hall–Kier alpha value is -2.15. The number of hydrogen-bond acceptors (Lipinski definition) is 0. The Balaban J connectivity index is 1.68. The van der Waals surface area contributed by atoms with E-state index >= 15 is 0 Å². The van der Waals surface area contributed by atoms with Crippen molar-refractivity contribution in [1.82, 2.24) is 0 Å². The van der Waals surface area contributed by atoms with Gasteiger partial charge in [0.2, 0.25) is 0 Å². The fraction of sp³-hybridized carbons (Fsp3) is 0.353. The van der Waals surface area contributed by atoms with Crippen LogP contribution in [0.5, 0.6) is 0 Å². The van der Waals surface area contributed by atoms with E-state index < -0.39 is 16.6 Å². The van der Waals surface area contributed by atoms with Crippen molar-refractivity contribution in [1.29, 1.82) is 0 Å². The predicted molar refractivity (Wildman–Crippen MR) is 147 cm³/mol. The third kappa shape index (κ3) is 5.07. The van der Waals surface area contributed by atoms with E-state index in [2.05, 4.69) is 112 Å². The summed E-state index contributed by atoms with van der Waals surface area (Å²) in [6.45, 7) is 7.28. The van der Waals surface area contributed by atoms with Gasteiger partial charge in [0.05, 0.1) is 0 Å². The molecule has 0 aliphatic heterocycles. The van der Waals surface area contributed by atoms with E-state index in [1.165, 1.54) is 39.9 Å². The molecule has 0 radical (unpaired) electrons. The minimum absolute atomic E-state index is 0.693. The number of rotatable bonds is 8. The second-order valence-corrected chi connectivity index (χ2v) is 18.0. The second kappa shape index (κ2) is 10.9. The molecule has 0 saturated heterocycles. The van der Waals surface area contributed by atoms with Gasteiger partial charge < -0.3 is 0 Å². The molecule has 3 aromatic carbocycles. The van der Waals surface area contributed by atoms with Gasteiger partial charge in [0.25, 0.3) is 0 Å². The summed E-state index contributed by atoms with van der Waals surface area (Å²) in [5.41, 5.74) is 11.6. The summed E-state index contributed by atoms with van der Waals surface area (Å²) in [5, 5.41) is 0. The Bertz CT molecular complexity index is 1090. The van der Waals surface area contributed by atoms with Crippen LogP contribution in [0.1, 0.15) is 63.1 Å². The molecule has 2 atom stereocenters. The molecule has 0 bridgehead atoms. The van der Waals surface area contributed by atoms with Crippen LogP contribution in [0, 0.1) is 5.92 Å². The van der Waals surface area contributed by atoms with Crippen molar-refractivity contribution in [3.05, 3.63) is 130 Å². The summed E-state index contributed by atoms with van der Waals surface area (Å²) < 4.78 is 4.67. The van der Waals surface area contributed by atoms with Crippen molar-refractivity contribution in [3.8, 4) is 0 Å². The molecule has 5 rings (SSSR count). The van der Waals surface area contributed by atoms with Crippen LogP contribution in [0.4, 0.5) is 0 Å². The SMILES string of the molecule is CCC1C(C)=C(C)C2=C1CCC[CH]2[Ti]([CH2]c1ccccc1)([CH2]c1ccccc1)[CH2]c1ccccc1. The van der Waals surface area contributed by atoms with Gasteiger partial charge >= 0.3 is 217 Å². The molecule has 2 unspecified atom stereocenters. The first-order chi connectivity index (χ1) is 17.1. The number of benzene rings is 3. The summed E-state index contributed by atoms with van der Waals surface area (Å²) in [6.07, 6.45) is 5.32. The van der Waals surface area contributed by atoms with Crippen molar-refractivity contribution in [2.45, 2.75) is 64.9 Å². The molecular formula is C34H40Ti. The molecule has 0 fully saturated rings. The Labute approximate surface area is 216 Å². The van der Waals surface area contributed by atoms with E-state index in [4.69, 9.17) is 0 Å². The molecule has 2 aliphatic carbocycles. The summed E-state index contributed by atoms with van der Waals surface area (Å²) >= 11 is -2.62. The monoisotopic (exact) mass is 496 g/mol. The summed E-state index contributed by atoms with van der Waals surface area (Å²) in [4.78, 5) is 0. The van der Waals surface area contributed by atoms with E-state index in [9.17, 15) is 0 Å². The van der Waals surface area contributed by atoms with Gasteiger partial charge in [-0.1, -0.05) is 0 Å². The molecule has 0 aromatic heterocycles. The summed E-state index contributed by atoms with van der Waals surface area (Å²) in [6, 6.07) is 34.4. The van der Waals surface area contributed by atoms with Crippen molar-refractivity contribution < 1.29 is 16.6 Å². The van der Waals surface area contributed by atoms with Crippen LogP contribution < -0.4 is 0 Å². The van der Waals surface area contributed by atoms with Gasteiger partial charge in [0.15, 0.2) is 0 Å². The van der Waals surface area contributed by atoms with Crippen LogP contribution in [0.25, 0.3) is 0 Å². The van der Waals surface area contributed by atoms with Gasteiger partial charge in [-0.05, 0) is 0 Å². The zero-order valence-electron chi connectivity index (χ0n) is 21.8.